The van der Waals surface area contributed by atoms with Crippen molar-refractivity contribution in [1.29, 1.82) is 0 Å². The first-order valence-corrected chi connectivity index (χ1v) is 10.7. The fourth-order valence-corrected chi connectivity index (χ4v) is 3.87. The molecule has 0 radical (unpaired) electrons. The lowest BCUT2D eigenvalue weighted by molar-refractivity contribution is -0.116. The topological polar surface area (TPSA) is 74.3 Å². The van der Waals surface area contributed by atoms with Gasteiger partial charge in [0.25, 0.3) is 0 Å². The van der Waals surface area contributed by atoms with E-state index in [-0.39, 0.29) is 17.9 Å². The number of anilines is 1. The van der Waals surface area contributed by atoms with Gasteiger partial charge in [-0.3, -0.25) is 9.78 Å². The standard InChI is InChI=1S/C25H28N4O2/c1-17(2)3-8-24(30)23-13-19(10-12-27-23)18-4-6-22(7-5-18)28-25(31)29-15-20-9-11-26-14-21(20)16-29/h3-11,14,17,23,27H,12-13,15-16H2,1-2H3,(H,28,31)/b8-3+. The highest BCUT2D eigenvalue weighted by Gasteiger charge is 2.24. The number of nitrogens with zero attached hydrogens (tertiary/aromatic N) is 2. The third-order valence-corrected chi connectivity index (χ3v) is 5.65. The number of aromatic nitrogens is 1. The SMILES string of the molecule is CC(C)/C=C/C(=O)C1CC(c2ccc(NC(=O)N3Cc4ccncc4C3)cc2)=CCN1. The number of carbonyl (C=O) groups excluding carboxylic acids is 2. The number of hydrogen-bond acceptors (Lipinski definition) is 4. The molecule has 31 heavy (non-hydrogen) atoms. The van der Waals surface area contributed by atoms with Crippen LogP contribution in [0.5, 0.6) is 0 Å². The van der Waals surface area contributed by atoms with E-state index in [1.165, 1.54) is 0 Å². The summed E-state index contributed by atoms with van der Waals surface area (Å²) in [5.74, 6) is 0.474. The van der Waals surface area contributed by atoms with E-state index in [9.17, 15) is 9.59 Å². The Hall–Kier alpha value is -3.25. The molecule has 1 aromatic carbocycles. The minimum Gasteiger partial charge on any atom is -0.316 e. The van der Waals surface area contributed by atoms with Crippen molar-refractivity contribution >= 4 is 23.1 Å². The molecule has 6 heteroatoms. The number of allylic oxidation sites excluding steroid dienone is 1. The average molecular weight is 417 g/mol. The first-order chi connectivity index (χ1) is 15.0. The second-order valence-corrected chi connectivity index (χ2v) is 8.41. The lowest BCUT2D eigenvalue weighted by Gasteiger charge is -2.23. The van der Waals surface area contributed by atoms with Crippen LogP contribution >= 0.6 is 0 Å². The van der Waals surface area contributed by atoms with E-state index in [2.05, 4.69) is 35.5 Å². The zero-order valence-electron chi connectivity index (χ0n) is 18.0. The summed E-state index contributed by atoms with van der Waals surface area (Å²) in [6.45, 7) is 5.97. The monoisotopic (exact) mass is 416 g/mol. The number of amides is 2. The van der Waals surface area contributed by atoms with Crippen LogP contribution in [0.2, 0.25) is 0 Å². The fourth-order valence-electron chi connectivity index (χ4n) is 3.87. The number of pyridine rings is 1. The molecule has 3 heterocycles. The normalized spacial score (nSPS) is 18.2. The second-order valence-electron chi connectivity index (χ2n) is 8.41. The molecule has 4 rings (SSSR count). The quantitative estimate of drug-likeness (QED) is 0.718. The van der Waals surface area contributed by atoms with Gasteiger partial charge in [-0.25, -0.2) is 4.79 Å². The molecule has 2 aromatic rings. The molecule has 1 atom stereocenters. The molecule has 0 saturated heterocycles. The van der Waals surface area contributed by atoms with Crippen LogP contribution in [-0.4, -0.2) is 34.3 Å². The molecule has 2 aliphatic heterocycles. The largest absolute Gasteiger partial charge is 0.322 e. The number of carbonyl (C=O) groups is 2. The van der Waals surface area contributed by atoms with E-state index >= 15 is 0 Å². The van der Waals surface area contributed by atoms with Gasteiger partial charge in [-0.1, -0.05) is 38.1 Å². The molecule has 2 aliphatic rings. The second kappa shape index (κ2) is 9.27. The van der Waals surface area contributed by atoms with Crippen LogP contribution in [0.4, 0.5) is 10.5 Å². The Labute approximate surface area is 183 Å². The van der Waals surface area contributed by atoms with Crippen molar-refractivity contribution in [3.8, 4) is 0 Å². The summed E-state index contributed by atoms with van der Waals surface area (Å²) in [6.07, 6.45) is 9.99. The maximum absolute atomic E-state index is 12.6. The van der Waals surface area contributed by atoms with Crippen LogP contribution < -0.4 is 10.6 Å². The summed E-state index contributed by atoms with van der Waals surface area (Å²) in [5.41, 5.74) is 5.22. The number of hydrogen-bond donors (Lipinski definition) is 2. The average Bonchev–Trinajstić information content (AvgIpc) is 3.22. The highest BCUT2D eigenvalue weighted by molar-refractivity contribution is 5.96. The minimum absolute atomic E-state index is 0.116. The molecule has 2 amide bonds. The Bertz CT molecular complexity index is 999. The van der Waals surface area contributed by atoms with Gasteiger partial charge in [-0.05, 0) is 58.9 Å². The third kappa shape index (κ3) is 5.09. The zero-order chi connectivity index (χ0) is 21.8. The number of benzene rings is 1. The fraction of sp³-hybridized carbons (Fsp3) is 0.320. The van der Waals surface area contributed by atoms with E-state index in [1.807, 2.05) is 42.6 Å². The van der Waals surface area contributed by atoms with Gasteiger partial charge in [0.1, 0.15) is 0 Å². The maximum Gasteiger partial charge on any atom is 0.322 e. The van der Waals surface area contributed by atoms with Gasteiger partial charge in [0.15, 0.2) is 5.78 Å². The van der Waals surface area contributed by atoms with E-state index in [0.29, 0.717) is 32.0 Å². The van der Waals surface area contributed by atoms with Crippen molar-refractivity contribution in [1.82, 2.24) is 15.2 Å². The van der Waals surface area contributed by atoms with Crippen molar-refractivity contribution in [2.45, 2.75) is 39.4 Å². The van der Waals surface area contributed by atoms with E-state index < -0.39 is 0 Å². The maximum atomic E-state index is 12.6. The molecule has 6 nitrogen and oxygen atoms in total. The summed E-state index contributed by atoms with van der Waals surface area (Å²) in [5, 5.41) is 6.25. The number of ketones is 1. The van der Waals surface area contributed by atoms with Gasteiger partial charge in [0.05, 0.1) is 6.04 Å². The van der Waals surface area contributed by atoms with E-state index in [4.69, 9.17) is 0 Å². The van der Waals surface area contributed by atoms with Crippen LogP contribution in [0.1, 0.15) is 37.0 Å². The molecule has 0 bridgehead atoms. The van der Waals surface area contributed by atoms with Gasteiger partial charge in [-0.15, -0.1) is 0 Å². The zero-order valence-corrected chi connectivity index (χ0v) is 18.0. The lowest BCUT2D eigenvalue weighted by Crippen LogP contribution is -2.38. The van der Waals surface area contributed by atoms with Crippen molar-refractivity contribution in [3.63, 3.8) is 0 Å². The first kappa shape index (κ1) is 21.0. The van der Waals surface area contributed by atoms with E-state index in [0.717, 1.165) is 28.0 Å². The highest BCUT2D eigenvalue weighted by Crippen LogP contribution is 2.26. The summed E-state index contributed by atoms with van der Waals surface area (Å²) in [4.78, 5) is 31.0. The highest BCUT2D eigenvalue weighted by atomic mass is 16.2. The predicted octanol–water partition coefficient (Wildman–Crippen LogP) is 4.16. The third-order valence-electron chi connectivity index (χ3n) is 5.65. The molecule has 2 N–H and O–H groups in total. The summed E-state index contributed by atoms with van der Waals surface area (Å²) >= 11 is 0. The molecule has 160 valence electrons. The Morgan fingerprint density at radius 3 is 2.68 bits per heavy atom. The van der Waals surface area contributed by atoms with E-state index in [1.54, 1.807) is 17.2 Å². The van der Waals surface area contributed by atoms with Crippen LogP contribution in [0.15, 0.2) is 61.0 Å². The Balaban J connectivity index is 1.35. The Morgan fingerprint density at radius 1 is 1.16 bits per heavy atom. The van der Waals surface area contributed by atoms with Crippen LogP contribution in [0, 0.1) is 5.92 Å². The predicted molar refractivity (Wildman–Crippen MR) is 122 cm³/mol. The lowest BCUT2D eigenvalue weighted by atomic mass is 9.93. The van der Waals surface area contributed by atoms with Crippen LogP contribution in [0.25, 0.3) is 5.57 Å². The molecular weight excluding hydrogens is 388 g/mol. The van der Waals surface area contributed by atoms with Crippen molar-refractivity contribution in [3.05, 3.63) is 77.6 Å². The van der Waals surface area contributed by atoms with Gasteiger partial charge < -0.3 is 15.5 Å². The molecule has 1 aromatic heterocycles. The summed E-state index contributed by atoms with van der Waals surface area (Å²) in [7, 11) is 0. The van der Waals surface area contributed by atoms with Gasteiger partial charge in [0, 0.05) is 37.7 Å². The molecule has 0 saturated carbocycles. The Morgan fingerprint density at radius 2 is 1.94 bits per heavy atom. The number of fused-ring (bicyclic) bond motifs is 1. The minimum atomic E-state index is -0.194. The molecular formula is C25H28N4O2. The molecule has 0 spiro atoms. The van der Waals surface area contributed by atoms with Gasteiger partial charge >= 0.3 is 6.03 Å². The number of rotatable bonds is 5. The van der Waals surface area contributed by atoms with Crippen molar-refractivity contribution in [2.75, 3.05) is 11.9 Å². The Kier molecular flexibility index (Phi) is 6.28. The smallest absolute Gasteiger partial charge is 0.316 e. The van der Waals surface area contributed by atoms with Crippen LogP contribution in [0.3, 0.4) is 0 Å². The number of urea groups is 1. The van der Waals surface area contributed by atoms with Gasteiger partial charge in [0.2, 0.25) is 0 Å². The van der Waals surface area contributed by atoms with Crippen LogP contribution in [-0.2, 0) is 17.9 Å². The van der Waals surface area contributed by atoms with Gasteiger partial charge in [-0.2, -0.15) is 0 Å². The first-order valence-electron chi connectivity index (χ1n) is 10.7. The molecule has 0 aliphatic carbocycles. The summed E-state index contributed by atoms with van der Waals surface area (Å²) in [6, 6.07) is 9.48. The number of nitrogens with one attached hydrogen (secondary N) is 2. The molecule has 1 unspecified atom stereocenters. The molecule has 0 fully saturated rings. The van der Waals surface area contributed by atoms with Crippen molar-refractivity contribution in [2.24, 2.45) is 5.92 Å². The van der Waals surface area contributed by atoms with Crippen molar-refractivity contribution < 1.29 is 9.59 Å². The summed E-state index contributed by atoms with van der Waals surface area (Å²) < 4.78 is 0.